The maximum atomic E-state index is 13.9. The SMILES string of the molecule is CCc1c(-c2ccc(C(F)(F)F)cc2CN(Cc2cc(C(F)(F)F)cc(C(F)(F)F)c2)c2nnn(C)n2)nc2cc(C)ccn12. The molecule has 5 aromatic rings. The quantitative estimate of drug-likeness (QED) is 0.171. The number of hydrogen-bond acceptors (Lipinski definition) is 5. The maximum Gasteiger partial charge on any atom is 0.416 e. The summed E-state index contributed by atoms with van der Waals surface area (Å²) in [6.45, 7) is 2.63. The van der Waals surface area contributed by atoms with E-state index in [1.807, 2.05) is 19.9 Å². The summed E-state index contributed by atoms with van der Waals surface area (Å²) in [6, 6.07) is 7.75. The Balaban J connectivity index is 1.67. The largest absolute Gasteiger partial charge is 0.416 e. The summed E-state index contributed by atoms with van der Waals surface area (Å²) in [5, 5.41) is 11.6. The summed E-state index contributed by atoms with van der Waals surface area (Å²) in [4.78, 5) is 6.84. The van der Waals surface area contributed by atoms with Crippen LogP contribution < -0.4 is 4.90 Å². The number of imidazole rings is 1. The van der Waals surface area contributed by atoms with Crippen molar-refractivity contribution in [3.8, 4) is 11.3 Å². The number of nitrogens with zero attached hydrogens (tertiary/aromatic N) is 7. The minimum Gasteiger partial charge on any atom is -0.330 e. The van der Waals surface area contributed by atoms with E-state index in [1.165, 1.54) is 13.1 Å². The first-order valence-corrected chi connectivity index (χ1v) is 13.4. The van der Waals surface area contributed by atoms with Crippen LogP contribution in [0, 0.1) is 6.92 Å². The van der Waals surface area contributed by atoms with Gasteiger partial charge in [0.1, 0.15) is 5.65 Å². The molecular weight excluding hydrogens is 617 g/mol. The summed E-state index contributed by atoms with van der Waals surface area (Å²) in [7, 11) is 1.38. The van der Waals surface area contributed by atoms with Crippen molar-refractivity contribution in [3.05, 3.63) is 93.8 Å². The Morgan fingerprint density at radius 1 is 0.778 bits per heavy atom. The van der Waals surface area contributed by atoms with Crippen LogP contribution in [0.4, 0.5) is 45.5 Å². The molecule has 0 fully saturated rings. The van der Waals surface area contributed by atoms with Gasteiger partial charge in [0.25, 0.3) is 5.95 Å². The number of anilines is 1. The Labute approximate surface area is 249 Å². The van der Waals surface area contributed by atoms with E-state index in [-0.39, 0.29) is 23.1 Å². The molecule has 0 spiro atoms. The van der Waals surface area contributed by atoms with E-state index in [9.17, 15) is 39.5 Å². The Bertz CT molecular complexity index is 1820. The van der Waals surface area contributed by atoms with E-state index in [2.05, 4.69) is 20.4 Å². The number of aromatic nitrogens is 6. The van der Waals surface area contributed by atoms with Gasteiger partial charge in [-0.25, -0.2) is 4.98 Å². The molecule has 238 valence electrons. The van der Waals surface area contributed by atoms with Gasteiger partial charge in [0.05, 0.1) is 35.1 Å². The molecule has 0 aliphatic carbocycles. The number of hydrogen-bond donors (Lipinski definition) is 0. The zero-order valence-corrected chi connectivity index (χ0v) is 23.8. The van der Waals surface area contributed by atoms with E-state index >= 15 is 0 Å². The zero-order chi connectivity index (χ0) is 32.9. The third-order valence-electron chi connectivity index (χ3n) is 7.07. The fraction of sp³-hybridized carbons (Fsp3) is 0.310. The number of fused-ring (bicyclic) bond motifs is 1. The van der Waals surface area contributed by atoms with Gasteiger partial charge in [-0.1, -0.05) is 18.1 Å². The Morgan fingerprint density at radius 2 is 1.42 bits per heavy atom. The first kappa shape index (κ1) is 31.8. The number of rotatable bonds is 7. The van der Waals surface area contributed by atoms with Crippen LogP contribution in [0.25, 0.3) is 16.9 Å². The molecule has 3 aromatic heterocycles. The molecule has 0 unspecified atom stereocenters. The lowest BCUT2D eigenvalue weighted by molar-refractivity contribution is -0.143. The number of alkyl halides is 9. The van der Waals surface area contributed by atoms with Crippen molar-refractivity contribution in [3.63, 3.8) is 0 Å². The molecule has 0 aliphatic rings. The number of aryl methyl sites for hydroxylation is 3. The zero-order valence-electron chi connectivity index (χ0n) is 23.8. The molecule has 0 N–H and O–H groups in total. The molecule has 45 heavy (non-hydrogen) atoms. The average Bonchev–Trinajstić information content (AvgIpc) is 3.53. The Morgan fingerprint density at radius 3 is 1.98 bits per heavy atom. The van der Waals surface area contributed by atoms with E-state index < -0.39 is 53.9 Å². The van der Waals surface area contributed by atoms with E-state index in [0.717, 1.165) is 27.4 Å². The molecule has 3 heterocycles. The average molecular weight is 642 g/mol. The Hall–Kier alpha value is -4.63. The van der Waals surface area contributed by atoms with Crippen molar-refractivity contribution < 1.29 is 39.5 Å². The van der Waals surface area contributed by atoms with Gasteiger partial charge in [0.15, 0.2) is 0 Å². The molecule has 0 atom stereocenters. The van der Waals surface area contributed by atoms with E-state index in [1.54, 1.807) is 16.7 Å². The van der Waals surface area contributed by atoms with Crippen LogP contribution in [0.2, 0.25) is 0 Å². The molecule has 2 aromatic carbocycles. The second-order valence-corrected chi connectivity index (χ2v) is 10.4. The first-order valence-electron chi connectivity index (χ1n) is 13.4. The topological polar surface area (TPSA) is 64.1 Å². The second kappa shape index (κ2) is 11.4. The molecule has 0 amide bonds. The van der Waals surface area contributed by atoms with Gasteiger partial charge in [-0.05, 0) is 77.7 Å². The van der Waals surface area contributed by atoms with E-state index in [0.29, 0.717) is 35.6 Å². The summed E-state index contributed by atoms with van der Waals surface area (Å²) >= 11 is 0. The first-order chi connectivity index (χ1) is 20.9. The van der Waals surface area contributed by atoms with Crippen LogP contribution in [-0.2, 0) is 45.1 Å². The van der Waals surface area contributed by atoms with Crippen molar-refractivity contribution in [2.24, 2.45) is 7.05 Å². The second-order valence-electron chi connectivity index (χ2n) is 10.4. The summed E-state index contributed by atoms with van der Waals surface area (Å²) < 4.78 is 125. The number of pyridine rings is 1. The lowest BCUT2D eigenvalue weighted by Crippen LogP contribution is -2.25. The molecule has 0 saturated heterocycles. The monoisotopic (exact) mass is 641 g/mol. The minimum atomic E-state index is -5.10. The Kier molecular flexibility index (Phi) is 8.04. The van der Waals surface area contributed by atoms with Gasteiger partial charge in [-0.2, -0.15) is 44.3 Å². The standard InChI is InChI=1S/C29H24F9N7/c1-4-23-25(39-24-9-16(2)7-8-45(23)24)22-6-5-19(27(30,31)32)12-18(22)15-44(26-40-42-43(3)41-26)14-17-10-20(28(33,34)35)13-21(11-17)29(36,37)38/h5-13H,4,14-15H2,1-3H3. The summed E-state index contributed by atoms with van der Waals surface area (Å²) in [6.07, 6.45) is -12.7. The van der Waals surface area contributed by atoms with Gasteiger partial charge < -0.3 is 9.30 Å². The molecule has 0 saturated carbocycles. The molecular formula is C29H24F9N7. The maximum absolute atomic E-state index is 13.9. The van der Waals surface area contributed by atoms with E-state index in [4.69, 9.17) is 0 Å². The van der Waals surface area contributed by atoms with Crippen LogP contribution in [0.15, 0.2) is 54.7 Å². The third-order valence-corrected chi connectivity index (χ3v) is 7.07. The minimum absolute atomic E-state index is 0.00326. The summed E-state index contributed by atoms with van der Waals surface area (Å²) in [5.41, 5.74) is -1.68. The lowest BCUT2D eigenvalue weighted by atomic mass is 9.98. The fourth-order valence-corrected chi connectivity index (χ4v) is 5.02. The molecule has 5 rings (SSSR count). The van der Waals surface area contributed by atoms with Crippen LogP contribution in [0.1, 0.15) is 46.0 Å². The number of halogens is 9. The predicted octanol–water partition coefficient (Wildman–Crippen LogP) is 7.66. The molecule has 0 radical (unpaired) electrons. The van der Waals surface area contributed by atoms with Crippen molar-refractivity contribution in [2.75, 3.05) is 4.90 Å². The third kappa shape index (κ3) is 6.73. The number of benzene rings is 2. The van der Waals surface area contributed by atoms with Crippen LogP contribution in [-0.4, -0.2) is 29.6 Å². The van der Waals surface area contributed by atoms with Crippen molar-refractivity contribution in [1.82, 2.24) is 29.6 Å². The van der Waals surface area contributed by atoms with Crippen LogP contribution >= 0.6 is 0 Å². The van der Waals surface area contributed by atoms with Crippen molar-refractivity contribution in [1.29, 1.82) is 0 Å². The smallest absolute Gasteiger partial charge is 0.330 e. The number of tetrazole rings is 1. The van der Waals surface area contributed by atoms with Gasteiger partial charge >= 0.3 is 18.5 Å². The highest BCUT2D eigenvalue weighted by Gasteiger charge is 2.37. The highest BCUT2D eigenvalue weighted by Crippen LogP contribution is 2.38. The predicted molar refractivity (Wildman–Crippen MR) is 145 cm³/mol. The molecule has 7 nitrogen and oxygen atoms in total. The lowest BCUT2D eigenvalue weighted by Gasteiger charge is -2.24. The molecule has 0 aliphatic heterocycles. The van der Waals surface area contributed by atoms with Gasteiger partial charge in [-0.15, -0.1) is 5.10 Å². The normalized spacial score (nSPS) is 12.7. The van der Waals surface area contributed by atoms with Crippen LogP contribution in [0.5, 0.6) is 0 Å². The van der Waals surface area contributed by atoms with Gasteiger partial charge in [0.2, 0.25) is 0 Å². The molecule has 0 bridgehead atoms. The fourth-order valence-electron chi connectivity index (χ4n) is 5.02. The van der Waals surface area contributed by atoms with Crippen molar-refractivity contribution in [2.45, 2.75) is 51.9 Å². The summed E-state index contributed by atoms with van der Waals surface area (Å²) in [5.74, 6) is -0.229. The van der Waals surface area contributed by atoms with Gasteiger partial charge in [-0.3, -0.25) is 0 Å². The van der Waals surface area contributed by atoms with Gasteiger partial charge in [0, 0.05) is 24.8 Å². The highest BCUT2D eigenvalue weighted by molar-refractivity contribution is 5.71. The highest BCUT2D eigenvalue weighted by atomic mass is 19.4. The van der Waals surface area contributed by atoms with Crippen molar-refractivity contribution >= 4 is 11.6 Å². The molecule has 16 heteroatoms. The van der Waals surface area contributed by atoms with Crippen LogP contribution in [0.3, 0.4) is 0 Å².